The molecule has 1 spiro atoms. The molecule has 2 aliphatic rings. The van der Waals surface area contributed by atoms with Gasteiger partial charge >= 0.3 is 6.09 Å². The minimum absolute atomic E-state index is 0.120. The van der Waals surface area contributed by atoms with E-state index >= 15 is 0 Å². The molecule has 1 aromatic rings. The standard InChI is InChI=1S/C22H29N3O4S/c1-4-5-6-11-18-22(17(13-30)21(2,3)14-29-20(28)23-22)25(18)24-19(27)16-10-8-7-9-15(16)12-26/h7-10,12-13,17-18H,4-6,11,14H2,1-3H3,(H,23,28)(H,24,27)/t17-,18+,22-,25?/m0/s1. The highest BCUT2D eigenvalue weighted by atomic mass is 32.1. The molecular formula is C22H29N3O4S. The van der Waals surface area contributed by atoms with Crippen molar-refractivity contribution in [1.82, 2.24) is 15.8 Å². The predicted octanol–water partition coefficient (Wildman–Crippen LogP) is 3.49. The van der Waals surface area contributed by atoms with Crippen LogP contribution in [-0.4, -0.2) is 47.0 Å². The number of alkyl carbamates (subject to hydrolysis) is 1. The second-order valence-electron chi connectivity index (χ2n) is 8.66. The number of unbranched alkanes of at least 4 members (excludes halogenated alkanes) is 2. The van der Waals surface area contributed by atoms with Gasteiger partial charge in [0.15, 0.2) is 6.29 Å². The van der Waals surface area contributed by atoms with Crippen LogP contribution in [0, 0.1) is 11.3 Å². The molecular weight excluding hydrogens is 402 g/mol. The minimum Gasteiger partial charge on any atom is -0.449 e. The number of cyclic esters (lactones) is 1. The molecule has 8 heteroatoms. The largest absolute Gasteiger partial charge is 0.449 e. The molecule has 4 atom stereocenters. The highest BCUT2D eigenvalue weighted by Crippen LogP contribution is 2.52. The molecule has 2 heterocycles. The summed E-state index contributed by atoms with van der Waals surface area (Å²) in [6.07, 6.45) is 4.01. The molecule has 0 radical (unpaired) electrons. The number of nitrogens with zero attached hydrogens (tertiary/aromatic N) is 1. The van der Waals surface area contributed by atoms with Crippen molar-refractivity contribution in [3.8, 4) is 0 Å². The van der Waals surface area contributed by atoms with Gasteiger partial charge in [0.2, 0.25) is 0 Å². The first-order valence-corrected chi connectivity index (χ1v) is 10.8. The Labute approximate surface area is 182 Å². The van der Waals surface area contributed by atoms with Gasteiger partial charge < -0.3 is 4.74 Å². The van der Waals surface area contributed by atoms with Crippen LogP contribution in [0.1, 0.15) is 67.2 Å². The average Bonchev–Trinajstić information content (AvgIpc) is 3.33. The van der Waals surface area contributed by atoms with Gasteiger partial charge in [0.1, 0.15) is 5.66 Å². The summed E-state index contributed by atoms with van der Waals surface area (Å²) in [5.41, 5.74) is 2.27. The lowest BCUT2D eigenvalue weighted by Crippen LogP contribution is -2.53. The summed E-state index contributed by atoms with van der Waals surface area (Å²) in [7, 11) is 0. The lowest BCUT2D eigenvalue weighted by Gasteiger charge is -2.33. The molecule has 2 amide bonds. The van der Waals surface area contributed by atoms with Gasteiger partial charge in [-0.2, -0.15) is 5.01 Å². The molecule has 2 aliphatic heterocycles. The Balaban J connectivity index is 1.93. The number of hydrogen-bond acceptors (Lipinski definition) is 6. The zero-order valence-corrected chi connectivity index (χ0v) is 18.5. The van der Waals surface area contributed by atoms with E-state index in [1.165, 1.54) is 0 Å². The number of aldehydes is 1. The van der Waals surface area contributed by atoms with E-state index in [4.69, 9.17) is 17.0 Å². The topological polar surface area (TPSA) is 87.5 Å². The first-order valence-electron chi connectivity index (χ1n) is 10.4. The molecule has 3 rings (SSSR count). The molecule has 7 nitrogen and oxygen atoms in total. The van der Waals surface area contributed by atoms with Crippen molar-refractivity contribution in [3.63, 3.8) is 0 Å². The van der Waals surface area contributed by atoms with Crippen LogP contribution in [0.15, 0.2) is 24.3 Å². The summed E-state index contributed by atoms with van der Waals surface area (Å²) >= 11 is 5.38. The fraction of sp³-hybridized carbons (Fsp3) is 0.545. The van der Waals surface area contributed by atoms with E-state index in [-0.39, 0.29) is 24.1 Å². The number of benzene rings is 1. The minimum atomic E-state index is -0.849. The third-order valence-electron chi connectivity index (χ3n) is 6.12. The van der Waals surface area contributed by atoms with Crippen LogP contribution < -0.4 is 10.7 Å². The molecule has 1 aromatic carbocycles. The monoisotopic (exact) mass is 431 g/mol. The summed E-state index contributed by atoms with van der Waals surface area (Å²) in [6, 6.07) is 6.51. The summed E-state index contributed by atoms with van der Waals surface area (Å²) in [5.74, 6) is -0.616. The molecule has 0 saturated carbocycles. The fourth-order valence-corrected chi connectivity index (χ4v) is 5.03. The third kappa shape index (κ3) is 3.98. The summed E-state index contributed by atoms with van der Waals surface area (Å²) in [6.45, 7) is 6.37. The molecule has 2 fully saturated rings. The lowest BCUT2D eigenvalue weighted by atomic mass is 9.74. The Morgan fingerprint density at radius 2 is 2.10 bits per heavy atom. The molecule has 1 unspecified atom stereocenters. The van der Waals surface area contributed by atoms with Crippen LogP contribution in [0.3, 0.4) is 0 Å². The predicted molar refractivity (Wildman–Crippen MR) is 117 cm³/mol. The lowest BCUT2D eigenvalue weighted by molar-refractivity contribution is 0.0818. The number of nitrogens with one attached hydrogen (secondary N) is 2. The highest BCUT2D eigenvalue weighted by Gasteiger charge is 2.71. The van der Waals surface area contributed by atoms with Crippen molar-refractivity contribution in [1.29, 1.82) is 0 Å². The Hall–Kier alpha value is -2.32. The number of amides is 2. The Morgan fingerprint density at radius 1 is 1.37 bits per heavy atom. The molecule has 2 N–H and O–H groups in total. The zero-order chi connectivity index (χ0) is 21.9. The molecule has 0 bridgehead atoms. The number of carbonyl (C=O) groups excluding carboxylic acids is 3. The maximum absolute atomic E-state index is 13.0. The SMILES string of the molecule is CCCCC[C@H]1N(NC(=O)c2ccccc2C=O)[C@]12NC(=O)OCC(C)(C)[C@@H]2C=S. The van der Waals surface area contributed by atoms with Gasteiger partial charge in [-0.15, -0.1) is 0 Å². The van der Waals surface area contributed by atoms with Crippen molar-refractivity contribution in [2.24, 2.45) is 11.3 Å². The zero-order valence-electron chi connectivity index (χ0n) is 17.6. The van der Waals surface area contributed by atoms with Gasteiger partial charge in [-0.1, -0.05) is 70.5 Å². The number of carbonyl (C=O) groups is 3. The molecule has 2 saturated heterocycles. The first kappa shape index (κ1) is 22.4. The number of rotatable bonds is 8. The van der Waals surface area contributed by atoms with Gasteiger partial charge in [0.05, 0.1) is 18.2 Å². The van der Waals surface area contributed by atoms with Crippen LogP contribution in [0.5, 0.6) is 0 Å². The van der Waals surface area contributed by atoms with Crippen LogP contribution in [0.25, 0.3) is 0 Å². The van der Waals surface area contributed by atoms with E-state index < -0.39 is 23.1 Å². The van der Waals surface area contributed by atoms with E-state index in [0.717, 1.165) is 25.7 Å². The van der Waals surface area contributed by atoms with Crippen molar-refractivity contribution < 1.29 is 19.1 Å². The van der Waals surface area contributed by atoms with Gasteiger partial charge in [0.25, 0.3) is 5.91 Å². The van der Waals surface area contributed by atoms with Crippen molar-refractivity contribution in [2.75, 3.05) is 6.61 Å². The molecule has 162 valence electrons. The number of thiocarbonyl (C=S) groups is 1. The van der Waals surface area contributed by atoms with E-state index in [1.807, 2.05) is 13.8 Å². The molecule has 0 aliphatic carbocycles. The van der Waals surface area contributed by atoms with Gasteiger partial charge in [0, 0.05) is 16.9 Å². The van der Waals surface area contributed by atoms with Gasteiger partial charge in [-0.05, 0) is 17.9 Å². The number of ether oxygens (including phenoxy) is 1. The van der Waals surface area contributed by atoms with Gasteiger partial charge in [-0.25, -0.2) is 4.79 Å². The summed E-state index contributed by atoms with van der Waals surface area (Å²) in [5, 5.41) is 6.44. The maximum Gasteiger partial charge on any atom is 0.408 e. The molecule has 30 heavy (non-hydrogen) atoms. The quantitative estimate of drug-likeness (QED) is 0.284. The third-order valence-corrected chi connectivity index (χ3v) is 6.39. The average molecular weight is 432 g/mol. The van der Waals surface area contributed by atoms with Crippen molar-refractivity contribution >= 4 is 35.9 Å². The number of hydrazine groups is 1. The second kappa shape index (κ2) is 8.81. The van der Waals surface area contributed by atoms with Crippen LogP contribution >= 0.6 is 12.2 Å². The molecule has 0 aromatic heterocycles. The van der Waals surface area contributed by atoms with E-state index in [9.17, 15) is 14.4 Å². The van der Waals surface area contributed by atoms with Crippen LogP contribution in [0.4, 0.5) is 4.79 Å². The number of hydrogen-bond donors (Lipinski definition) is 2. The Morgan fingerprint density at radius 3 is 2.77 bits per heavy atom. The van der Waals surface area contributed by atoms with E-state index in [1.54, 1.807) is 34.6 Å². The summed E-state index contributed by atoms with van der Waals surface area (Å²) < 4.78 is 5.37. The Bertz CT molecular complexity index is 843. The second-order valence-corrected chi connectivity index (χ2v) is 8.93. The van der Waals surface area contributed by atoms with Crippen molar-refractivity contribution in [3.05, 3.63) is 35.4 Å². The first-order chi connectivity index (χ1) is 14.3. The smallest absolute Gasteiger partial charge is 0.408 e. The van der Waals surface area contributed by atoms with Gasteiger partial charge in [-0.3, -0.25) is 20.3 Å². The van der Waals surface area contributed by atoms with Crippen molar-refractivity contribution in [2.45, 2.75) is 58.2 Å². The van der Waals surface area contributed by atoms with Crippen LogP contribution in [0.2, 0.25) is 0 Å². The Kier molecular flexibility index (Phi) is 6.57. The maximum atomic E-state index is 13.0. The summed E-state index contributed by atoms with van der Waals surface area (Å²) in [4.78, 5) is 36.8. The normalized spacial score (nSPS) is 29.3. The van der Waals surface area contributed by atoms with E-state index in [0.29, 0.717) is 11.8 Å². The fourth-order valence-electron chi connectivity index (χ4n) is 4.45. The highest BCUT2D eigenvalue weighted by molar-refractivity contribution is 7.79. The van der Waals surface area contributed by atoms with E-state index in [2.05, 4.69) is 17.7 Å². The van der Waals surface area contributed by atoms with Crippen LogP contribution in [-0.2, 0) is 4.74 Å².